The lowest BCUT2D eigenvalue weighted by Gasteiger charge is -2.17. The summed E-state index contributed by atoms with van der Waals surface area (Å²) in [6.07, 6.45) is 3.80. The van der Waals surface area contributed by atoms with Crippen molar-refractivity contribution in [3.63, 3.8) is 0 Å². The molecule has 0 saturated heterocycles. The monoisotopic (exact) mass is 442 g/mol. The van der Waals surface area contributed by atoms with E-state index in [1.54, 1.807) is 6.08 Å². The topological polar surface area (TPSA) is 87.7 Å². The van der Waals surface area contributed by atoms with E-state index in [0.717, 1.165) is 29.5 Å². The number of allylic oxidation sites excluding steroid dienone is 1. The van der Waals surface area contributed by atoms with E-state index >= 15 is 0 Å². The number of carbonyl (C=O) groups excluding carboxylic acids is 2. The van der Waals surface area contributed by atoms with Gasteiger partial charge in [0.2, 0.25) is 0 Å². The van der Waals surface area contributed by atoms with Gasteiger partial charge in [-0.3, -0.25) is 4.79 Å². The smallest absolute Gasteiger partial charge is 0.319 e. The molecule has 0 bridgehead atoms. The van der Waals surface area contributed by atoms with Crippen molar-refractivity contribution in [2.45, 2.75) is 19.3 Å². The third-order valence-electron chi connectivity index (χ3n) is 5.38. The summed E-state index contributed by atoms with van der Waals surface area (Å²) < 4.78 is 6.22. The highest BCUT2D eigenvalue weighted by molar-refractivity contribution is 5.96. The molecule has 168 valence electrons. The molecule has 3 aromatic carbocycles. The van der Waals surface area contributed by atoms with E-state index in [-0.39, 0.29) is 25.0 Å². The van der Waals surface area contributed by atoms with E-state index in [9.17, 15) is 9.59 Å². The molecule has 1 aliphatic carbocycles. The third-order valence-corrected chi connectivity index (χ3v) is 5.38. The van der Waals surface area contributed by atoms with Gasteiger partial charge < -0.3 is 20.5 Å². The summed E-state index contributed by atoms with van der Waals surface area (Å²) in [4.78, 5) is 24.0. The van der Waals surface area contributed by atoms with Crippen LogP contribution < -0.4 is 15.4 Å². The van der Waals surface area contributed by atoms with Crippen LogP contribution in [0.15, 0.2) is 78.9 Å². The van der Waals surface area contributed by atoms with Crippen LogP contribution in [0.3, 0.4) is 0 Å². The molecular weight excluding hydrogens is 416 g/mol. The van der Waals surface area contributed by atoms with Crippen LogP contribution in [0.4, 0.5) is 10.5 Å². The predicted octanol–water partition coefficient (Wildman–Crippen LogP) is 4.79. The molecule has 0 spiro atoms. The number of aliphatic hydroxyl groups is 1. The van der Waals surface area contributed by atoms with Crippen molar-refractivity contribution in [2.24, 2.45) is 0 Å². The minimum Gasteiger partial charge on any atom is -0.457 e. The van der Waals surface area contributed by atoms with Gasteiger partial charge in [0.25, 0.3) is 0 Å². The summed E-state index contributed by atoms with van der Waals surface area (Å²) in [6, 6.07) is 22.8. The van der Waals surface area contributed by atoms with Crippen LogP contribution in [0.25, 0.3) is 16.9 Å². The average Bonchev–Trinajstić information content (AvgIpc) is 2.82. The fraction of sp³-hybridized carbons (Fsp3) is 0.185. The number of aryl methyl sites for hydroxylation is 1. The second-order valence-electron chi connectivity index (χ2n) is 7.80. The number of amides is 2. The van der Waals surface area contributed by atoms with Gasteiger partial charge in [-0.2, -0.15) is 0 Å². The summed E-state index contributed by atoms with van der Waals surface area (Å²) in [7, 11) is 0. The maximum Gasteiger partial charge on any atom is 0.319 e. The van der Waals surface area contributed by atoms with Crippen molar-refractivity contribution < 1.29 is 19.4 Å². The molecule has 0 unspecified atom stereocenters. The van der Waals surface area contributed by atoms with Crippen molar-refractivity contribution in [1.29, 1.82) is 0 Å². The van der Waals surface area contributed by atoms with Crippen molar-refractivity contribution in [3.05, 3.63) is 90.0 Å². The lowest BCUT2D eigenvalue weighted by Crippen LogP contribution is -2.30. The van der Waals surface area contributed by atoms with Crippen LogP contribution >= 0.6 is 0 Å². The lowest BCUT2D eigenvalue weighted by atomic mass is 9.96. The normalized spacial score (nSPS) is 13.2. The lowest BCUT2D eigenvalue weighted by molar-refractivity contribution is -0.114. The molecule has 0 saturated carbocycles. The largest absolute Gasteiger partial charge is 0.457 e. The number of urea groups is 1. The molecule has 0 fully saturated rings. The van der Waals surface area contributed by atoms with E-state index in [4.69, 9.17) is 9.84 Å². The van der Waals surface area contributed by atoms with Crippen molar-refractivity contribution in [2.75, 3.05) is 18.5 Å². The van der Waals surface area contributed by atoms with Gasteiger partial charge in [0.15, 0.2) is 5.78 Å². The molecule has 33 heavy (non-hydrogen) atoms. The first-order chi connectivity index (χ1) is 16.1. The van der Waals surface area contributed by atoms with Crippen LogP contribution in [0, 0.1) is 0 Å². The van der Waals surface area contributed by atoms with Crippen LogP contribution in [0.2, 0.25) is 0 Å². The molecular formula is C27H26N2O4. The minimum absolute atomic E-state index is 0.0711. The highest BCUT2D eigenvalue weighted by atomic mass is 16.5. The summed E-state index contributed by atoms with van der Waals surface area (Å²) >= 11 is 0. The summed E-state index contributed by atoms with van der Waals surface area (Å²) in [6.45, 7) is 0.0879. The van der Waals surface area contributed by atoms with E-state index < -0.39 is 0 Å². The molecule has 0 atom stereocenters. The van der Waals surface area contributed by atoms with Gasteiger partial charge in [0.1, 0.15) is 11.5 Å². The first kappa shape index (κ1) is 22.3. The zero-order chi connectivity index (χ0) is 23.0. The van der Waals surface area contributed by atoms with Gasteiger partial charge in [-0.1, -0.05) is 48.5 Å². The highest BCUT2D eigenvalue weighted by Gasteiger charge is 2.15. The second-order valence-corrected chi connectivity index (χ2v) is 7.80. The zero-order valence-corrected chi connectivity index (χ0v) is 18.2. The number of nitrogens with one attached hydrogen (secondary N) is 2. The quantitative estimate of drug-likeness (QED) is 0.512. The van der Waals surface area contributed by atoms with Crippen molar-refractivity contribution in [3.8, 4) is 16.9 Å². The standard InChI is InChI=1S/C27H26N2O4/c30-16-15-28-27(32)29-22-13-11-19(12-14-22)21-7-4-9-24(17-21)33-26-18-23(31)8-3-6-20-5-1-2-10-25(20)26/h1-2,4-5,7,9-14,17-18,30H,3,6,8,15-16H2,(H2,28,29,32). The molecule has 4 rings (SSSR count). The van der Waals surface area contributed by atoms with Crippen LogP contribution in [-0.2, 0) is 11.2 Å². The number of hydrogen-bond donors (Lipinski definition) is 3. The predicted molar refractivity (Wildman–Crippen MR) is 129 cm³/mol. The summed E-state index contributed by atoms with van der Waals surface area (Å²) in [5.74, 6) is 1.29. The molecule has 0 aliphatic heterocycles. The Morgan fingerprint density at radius 2 is 1.76 bits per heavy atom. The second kappa shape index (κ2) is 10.6. The van der Waals surface area contributed by atoms with Crippen molar-refractivity contribution >= 4 is 23.3 Å². The number of hydrogen-bond acceptors (Lipinski definition) is 4. The van der Waals surface area contributed by atoms with Gasteiger partial charge in [-0.05, 0) is 53.8 Å². The fourth-order valence-corrected chi connectivity index (χ4v) is 3.77. The molecule has 3 aromatic rings. The van der Waals surface area contributed by atoms with Gasteiger partial charge >= 0.3 is 6.03 Å². The third kappa shape index (κ3) is 5.87. The van der Waals surface area contributed by atoms with Gasteiger partial charge in [-0.25, -0.2) is 4.79 Å². The maximum atomic E-state index is 12.3. The number of rotatable bonds is 6. The number of ether oxygens (including phenoxy) is 1. The van der Waals surface area contributed by atoms with E-state index in [1.807, 2.05) is 66.7 Å². The van der Waals surface area contributed by atoms with Crippen LogP contribution in [-0.4, -0.2) is 30.1 Å². The molecule has 1 aliphatic rings. The first-order valence-electron chi connectivity index (χ1n) is 11.0. The Kier molecular flexibility index (Phi) is 7.17. The van der Waals surface area contributed by atoms with Gasteiger partial charge in [0, 0.05) is 30.3 Å². The molecule has 0 radical (unpaired) electrons. The Labute approximate surface area is 192 Å². The number of anilines is 1. The number of aliphatic hydroxyl groups excluding tert-OH is 1. The van der Waals surface area contributed by atoms with Crippen molar-refractivity contribution in [1.82, 2.24) is 5.32 Å². The van der Waals surface area contributed by atoms with Gasteiger partial charge in [-0.15, -0.1) is 0 Å². The highest BCUT2D eigenvalue weighted by Crippen LogP contribution is 2.30. The molecule has 2 amide bonds. The number of benzene rings is 3. The maximum absolute atomic E-state index is 12.3. The minimum atomic E-state index is -0.366. The summed E-state index contributed by atoms with van der Waals surface area (Å²) in [5.41, 5.74) is 4.69. The summed E-state index contributed by atoms with van der Waals surface area (Å²) in [5, 5.41) is 14.1. The van der Waals surface area contributed by atoms with E-state index in [1.165, 1.54) is 5.56 Å². The number of carbonyl (C=O) groups is 2. The fourth-order valence-electron chi connectivity index (χ4n) is 3.77. The average molecular weight is 443 g/mol. The number of fused-ring (bicyclic) bond motifs is 1. The van der Waals surface area contributed by atoms with Gasteiger partial charge in [0.05, 0.1) is 6.61 Å². The first-order valence-corrected chi connectivity index (χ1v) is 11.0. The van der Waals surface area contributed by atoms with Crippen LogP contribution in [0.1, 0.15) is 24.0 Å². The Morgan fingerprint density at radius 3 is 2.58 bits per heavy atom. The molecule has 0 heterocycles. The zero-order valence-electron chi connectivity index (χ0n) is 18.2. The molecule has 3 N–H and O–H groups in total. The SMILES string of the molecule is O=C1C=C(Oc2cccc(-c3ccc(NC(=O)NCCO)cc3)c2)c2ccccc2CCC1. The Hall–Kier alpha value is -3.90. The number of ketones is 1. The molecule has 0 aromatic heterocycles. The van der Waals surface area contributed by atoms with E-state index in [0.29, 0.717) is 23.6 Å². The van der Waals surface area contributed by atoms with E-state index in [2.05, 4.69) is 16.7 Å². The Morgan fingerprint density at radius 1 is 0.939 bits per heavy atom. The molecule has 6 nitrogen and oxygen atoms in total. The molecule has 6 heteroatoms. The van der Waals surface area contributed by atoms with Crippen LogP contribution in [0.5, 0.6) is 5.75 Å². The Bertz CT molecular complexity index is 1170. The Balaban J connectivity index is 1.53.